The Kier molecular flexibility index (Phi) is 2.91. The van der Waals surface area contributed by atoms with E-state index >= 15 is 0 Å². The minimum Gasteiger partial charge on any atom is -0.352 e. The molecular formula is C11H12BrN5O. The summed E-state index contributed by atoms with van der Waals surface area (Å²) in [4.78, 5) is 15.8. The van der Waals surface area contributed by atoms with E-state index in [9.17, 15) is 4.79 Å². The normalized spacial score (nSPS) is 14.7. The van der Waals surface area contributed by atoms with Crippen molar-refractivity contribution in [2.45, 2.75) is 18.9 Å². The van der Waals surface area contributed by atoms with Crippen molar-refractivity contribution in [2.24, 2.45) is 0 Å². The first kappa shape index (κ1) is 11.5. The predicted octanol–water partition coefficient (Wildman–Crippen LogP) is 1.18. The van der Waals surface area contributed by atoms with Crippen LogP contribution in [-0.2, 0) is 4.79 Å². The molecule has 3 rings (SSSR count). The molecule has 0 atom stereocenters. The molecule has 2 N–H and O–H groups in total. The zero-order valence-corrected chi connectivity index (χ0v) is 11.1. The number of anilines is 1. The number of nitrogens with one attached hydrogen (secondary N) is 2. The van der Waals surface area contributed by atoms with Gasteiger partial charge in [-0.2, -0.15) is 4.98 Å². The first-order valence-electron chi connectivity index (χ1n) is 5.76. The molecule has 0 aromatic carbocycles. The van der Waals surface area contributed by atoms with E-state index in [0.29, 0.717) is 12.0 Å². The summed E-state index contributed by atoms with van der Waals surface area (Å²) in [5.41, 5.74) is 0.739. The van der Waals surface area contributed by atoms with Crippen LogP contribution in [-0.4, -0.2) is 33.1 Å². The van der Waals surface area contributed by atoms with E-state index in [0.717, 1.165) is 23.0 Å². The van der Waals surface area contributed by atoms with Gasteiger partial charge in [0.25, 0.3) is 0 Å². The van der Waals surface area contributed by atoms with Gasteiger partial charge in [0.05, 0.1) is 6.54 Å². The Balaban J connectivity index is 1.64. The van der Waals surface area contributed by atoms with Crippen LogP contribution in [0.1, 0.15) is 12.8 Å². The average molecular weight is 310 g/mol. The lowest BCUT2D eigenvalue weighted by atomic mass is 10.5. The lowest BCUT2D eigenvalue weighted by Crippen LogP contribution is -2.31. The smallest absolute Gasteiger partial charge is 0.243 e. The van der Waals surface area contributed by atoms with Crippen molar-refractivity contribution in [3.05, 3.63) is 22.8 Å². The van der Waals surface area contributed by atoms with Gasteiger partial charge in [-0.3, -0.25) is 4.79 Å². The predicted molar refractivity (Wildman–Crippen MR) is 70.3 cm³/mol. The summed E-state index contributed by atoms with van der Waals surface area (Å²) < 4.78 is 2.59. The fraction of sp³-hybridized carbons (Fsp3) is 0.364. The highest BCUT2D eigenvalue weighted by atomic mass is 79.9. The zero-order valence-electron chi connectivity index (χ0n) is 9.56. The van der Waals surface area contributed by atoms with E-state index < -0.39 is 0 Å². The molecule has 18 heavy (non-hydrogen) atoms. The van der Waals surface area contributed by atoms with E-state index in [1.165, 1.54) is 0 Å². The van der Waals surface area contributed by atoms with Crippen molar-refractivity contribution in [3.8, 4) is 0 Å². The molecule has 0 radical (unpaired) electrons. The minimum absolute atomic E-state index is 0.0162. The second-order valence-corrected chi connectivity index (χ2v) is 5.20. The number of nitrogens with zero attached hydrogens (tertiary/aromatic N) is 3. The lowest BCUT2D eigenvalue weighted by Gasteiger charge is -2.02. The van der Waals surface area contributed by atoms with Crippen LogP contribution >= 0.6 is 15.9 Å². The maximum absolute atomic E-state index is 11.5. The first-order valence-corrected chi connectivity index (χ1v) is 6.55. The van der Waals surface area contributed by atoms with Crippen molar-refractivity contribution in [3.63, 3.8) is 0 Å². The van der Waals surface area contributed by atoms with Gasteiger partial charge < -0.3 is 10.6 Å². The third-order valence-electron chi connectivity index (χ3n) is 2.64. The summed E-state index contributed by atoms with van der Waals surface area (Å²) in [5.74, 6) is 0.441. The Morgan fingerprint density at radius 2 is 2.33 bits per heavy atom. The van der Waals surface area contributed by atoms with E-state index in [1.807, 2.05) is 18.3 Å². The monoisotopic (exact) mass is 309 g/mol. The van der Waals surface area contributed by atoms with Gasteiger partial charge in [-0.05, 0) is 40.9 Å². The van der Waals surface area contributed by atoms with Gasteiger partial charge in [0, 0.05) is 16.7 Å². The molecule has 1 saturated carbocycles. The molecule has 0 aliphatic heterocycles. The highest BCUT2D eigenvalue weighted by Gasteiger charge is 2.22. The van der Waals surface area contributed by atoms with Gasteiger partial charge in [-0.25, -0.2) is 4.52 Å². The van der Waals surface area contributed by atoms with Crippen molar-refractivity contribution < 1.29 is 4.79 Å². The van der Waals surface area contributed by atoms with Crippen LogP contribution in [0.15, 0.2) is 22.8 Å². The SMILES string of the molecule is O=C(CNc1nc2ccc(Br)cn2n1)NC1CC1. The molecule has 0 saturated heterocycles. The molecule has 2 aromatic heterocycles. The fourth-order valence-corrected chi connectivity index (χ4v) is 1.92. The lowest BCUT2D eigenvalue weighted by molar-refractivity contribution is -0.119. The molecule has 7 heteroatoms. The van der Waals surface area contributed by atoms with Crippen LogP contribution in [0.2, 0.25) is 0 Å². The van der Waals surface area contributed by atoms with Gasteiger partial charge in [-0.15, -0.1) is 5.10 Å². The van der Waals surface area contributed by atoms with Crippen LogP contribution in [0.3, 0.4) is 0 Å². The fourth-order valence-electron chi connectivity index (χ4n) is 1.60. The first-order chi connectivity index (χ1) is 8.70. The third-order valence-corrected chi connectivity index (χ3v) is 3.11. The Hall–Kier alpha value is -1.63. The van der Waals surface area contributed by atoms with Gasteiger partial charge in [-0.1, -0.05) is 0 Å². The zero-order chi connectivity index (χ0) is 12.5. The van der Waals surface area contributed by atoms with Gasteiger partial charge >= 0.3 is 0 Å². The number of carbonyl (C=O) groups is 1. The number of amides is 1. The third kappa shape index (κ3) is 2.61. The topological polar surface area (TPSA) is 71.3 Å². The Labute approximate surface area is 112 Å². The molecule has 6 nitrogen and oxygen atoms in total. The van der Waals surface area contributed by atoms with Crippen LogP contribution in [0, 0.1) is 0 Å². The van der Waals surface area contributed by atoms with E-state index in [-0.39, 0.29) is 12.5 Å². The van der Waals surface area contributed by atoms with Crippen molar-refractivity contribution >= 4 is 33.4 Å². The maximum atomic E-state index is 11.5. The van der Waals surface area contributed by atoms with E-state index in [4.69, 9.17) is 0 Å². The standard InChI is InChI=1S/C11H12BrN5O/c12-7-1-4-9-15-11(16-17(9)6-7)13-5-10(18)14-8-2-3-8/h1,4,6,8H,2-3,5H2,(H,13,16)(H,14,18). The molecular weight excluding hydrogens is 298 g/mol. The van der Waals surface area contributed by atoms with E-state index in [2.05, 4.69) is 36.6 Å². The number of fused-ring (bicyclic) bond motifs is 1. The van der Waals surface area contributed by atoms with Crippen molar-refractivity contribution in [2.75, 3.05) is 11.9 Å². The van der Waals surface area contributed by atoms with Crippen molar-refractivity contribution in [1.29, 1.82) is 0 Å². The average Bonchev–Trinajstić information content (AvgIpc) is 3.04. The minimum atomic E-state index is -0.0162. The number of carbonyl (C=O) groups excluding carboxylic acids is 1. The molecule has 1 aliphatic rings. The Morgan fingerprint density at radius 3 is 3.11 bits per heavy atom. The van der Waals surface area contributed by atoms with Gasteiger partial charge in [0.15, 0.2) is 5.65 Å². The highest BCUT2D eigenvalue weighted by Crippen LogP contribution is 2.18. The Bertz CT molecular complexity index is 592. The molecule has 1 amide bonds. The summed E-state index contributed by atoms with van der Waals surface area (Å²) in [7, 11) is 0. The van der Waals surface area contributed by atoms with Crippen LogP contribution in [0.4, 0.5) is 5.95 Å². The van der Waals surface area contributed by atoms with Gasteiger partial charge in [0.2, 0.25) is 11.9 Å². The number of hydrogen-bond acceptors (Lipinski definition) is 4. The summed E-state index contributed by atoms with van der Waals surface area (Å²) in [6.07, 6.45) is 4.00. The van der Waals surface area contributed by atoms with Crippen LogP contribution in [0.5, 0.6) is 0 Å². The number of aromatic nitrogens is 3. The summed E-state index contributed by atoms with van der Waals surface area (Å²) in [5, 5.41) is 10.0. The largest absolute Gasteiger partial charge is 0.352 e. The molecule has 1 fully saturated rings. The van der Waals surface area contributed by atoms with E-state index in [1.54, 1.807) is 4.52 Å². The van der Waals surface area contributed by atoms with Crippen LogP contribution < -0.4 is 10.6 Å². The number of pyridine rings is 1. The summed E-state index contributed by atoms with van der Waals surface area (Å²) >= 11 is 3.36. The molecule has 0 unspecified atom stereocenters. The number of rotatable bonds is 4. The maximum Gasteiger partial charge on any atom is 0.243 e. The Morgan fingerprint density at radius 1 is 1.50 bits per heavy atom. The van der Waals surface area contributed by atoms with Crippen LogP contribution in [0.25, 0.3) is 5.65 Å². The number of halogens is 1. The van der Waals surface area contributed by atoms with Gasteiger partial charge in [0.1, 0.15) is 0 Å². The second-order valence-electron chi connectivity index (χ2n) is 4.28. The molecule has 1 aliphatic carbocycles. The molecule has 0 spiro atoms. The summed E-state index contributed by atoms with van der Waals surface area (Å²) in [6, 6.07) is 4.13. The quantitative estimate of drug-likeness (QED) is 0.890. The molecule has 2 heterocycles. The molecule has 0 bridgehead atoms. The van der Waals surface area contributed by atoms with Crippen molar-refractivity contribution in [1.82, 2.24) is 19.9 Å². The molecule has 94 valence electrons. The highest BCUT2D eigenvalue weighted by molar-refractivity contribution is 9.10. The second kappa shape index (κ2) is 4.56. The number of hydrogen-bond donors (Lipinski definition) is 2. The molecule has 2 aromatic rings. The summed E-state index contributed by atoms with van der Waals surface area (Å²) in [6.45, 7) is 0.203.